The van der Waals surface area contributed by atoms with Gasteiger partial charge in [0.05, 0.1) is 16.4 Å². The Labute approximate surface area is 150 Å². The third-order valence-electron chi connectivity index (χ3n) is 4.00. The molecule has 0 saturated carbocycles. The number of likely N-dealkylation sites (N-methyl/N-ethyl adjacent to an activating group) is 1. The molecule has 0 radical (unpaired) electrons. The monoisotopic (exact) mass is 382 g/mol. The largest absolute Gasteiger partial charge is 0.452 e. The SMILES string of the molecule is CN(C(=O)COC(=O)/C=C/c1ccc([N+](=O)[O-])cc1)C1CCS(=O)(=O)C1. The van der Waals surface area contributed by atoms with Crippen LogP contribution in [0.5, 0.6) is 0 Å². The average molecular weight is 382 g/mol. The molecular formula is C16H18N2O7S. The lowest BCUT2D eigenvalue weighted by molar-refractivity contribution is -0.384. The van der Waals surface area contributed by atoms with Crippen LogP contribution >= 0.6 is 0 Å². The fourth-order valence-corrected chi connectivity index (χ4v) is 4.21. The molecule has 2 rings (SSSR count). The van der Waals surface area contributed by atoms with Crippen LogP contribution in [0.25, 0.3) is 6.08 Å². The van der Waals surface area contributed by atoms with Gasteiger partial charge in [0.2, 0.25) is 0 Å². The number of non-ortho nitro benzene ring substituents is 1. The highest BCUT2D eigenvalue weighted by Gasteiger charge is 2.32. The predicted molar refractivity (Wildman–Crippen MR) is 92.9 cm³/mol. The highest BCUT2D eigenvalue weighted by atomic mass is 32.2. The number of ether oxygens (including phenoxy) is 1. The number of nitro groups is 1. The van der Waals surface area contributed by atoms with Crippen LogP contribution < -0.4 is 0 Å². The Bertz CT molecular complexity index is 831. The number of nitrogens with zero attached hydrogens (tertiary/aromatic N) is 2. The molecule has 1 heterocycles. The second-order valence-electron chi connectivity index (χ2n) is 5.85. The number of carbonyl (C=O) groups is 2. The standard InChI is InChI=1S/C16H18N2O7S/c1-17(14-8-9-26(23,24)11-14)15(19)10-25-16(20)7-4-12-2-5-13(6-3-12)18(21)22/h2-7,14H,8-11H2,1H3/b7-4+. The molecule has 0 N–H and O–H groups in total. The van der Waals surface area contributed by atoms with Crippen molar-refractivity contribution >= 4 is 33.5 Å². The van der Waals surface area contributed by atoms with Crippen LogP contribution in [0.4, 0.5) is 5.69 Å². The van der Waals surface area contributed by atoms with E-state index >= 15 is 0 Å². The van der Waals surface area contributed by atoms with E-state index in [2.05, 4.69) is 0 Å². The number of benzene rings is 1. The Hall–Kier alpha value is -2.75. The van der Waals surface area contributed by atoms with Crippen molar-refractivity contribution in [2.75, 3.05) is 25.2 Å². The van der Waals surface area contributed by atoms with Crippen molar-refractivity contribution in [2.24, 2.45) is 0 Å². The minimum absolute atomic E-state index is 0.0487. The smallest absolute Gasteiger partial charge is 0.331 e. The normalized spacial score (nSPS) is 18.6. The van der Waals surface area contributed by atoms with E-state index in [1.54, 1.807) is 0 Å². The number of esters is 1. The summed E-state index contributed by atoms with van der Waals surface area (Å²) in [7, 11) is -1.63. The number of amides is 1. The summed E-state index contributed by atoms with van der Waals surface area (Å²) in [6, 6.07) is 5.16. The number of hydrogen-bond donors (Lipinski definition) is 0. The van der Waals surface area contributed by atoms with Crippen molar-refractivity contribution in [1.29, 1.82) is 0 Å². The first-order valence-electron chi connectivity index (χ1n) is 7.73. The molecule has 1 saturated heterocycles. The van der Waals surface area contributed by atoms with Gasteiger partial charge in [0.25, 0.3) is 11.6 Å². The lowest BCUT2D eigenvalue weighted by Crippen LogP contribution is -2.40. The summed E-state index contributed by atoms with van der Waals surface area (Å²) in [6.07, 6.45) is 2.89. The van der Waals surface area contributed by atoms with Crippen molar-refractivity contribution < 1.29 is 27.7 Å². The maximum atomic E-state index is 12.0. The highest BCUT2D eigenvalue weighted by molar-refractivity contribution is 7.91. The molecule has 1 atom stereocenters. The van der Waals surface area contributed by atoms with Crippen LogP contribution in [0.1, 0.15) is 12.0 Å². The molecule has 0 bridgehead atoms. The Balaban J connectivity index is 1.82. The van der Waals surface area contributed by atoms with Gasteiger partial charge in [-0.1, -0.05) is 0 Å². The average Bonchev–Trinajstić information content (AvgIpc) is 2.97. The van der Waals surface area contributed by atoms with Gasteiger partial charge in [0, 0.05) is 31.3 Å². The first-order chi connectivity index (χ1) is 12.2. The quantitative estimate of drug-likeness (QED) is 0.308. The number of carbonyl (C=O) groups excluding carboxylic acids is 2. The van der Waals surface area contributed by atoms with Gasteiger partial charge in [-0.15, -0.1) is 0 Å². The van der Waals surface area contributed by atoms with Gasteiger partial charge in [-0.05, 0) is 30.2 Å². The van der Waals surface area contributed by atoms with Gasteiger partial charge in [0.15, 0.2) is 16.4 Å². The first kappa shape index (κ1) is 19.6. The number of nitro benzene ring substituents is 1. The molecule has 0 aromatic heterocycles. The molecule has 0 spiro atoms. The second kappa shape index (κ2) is 8.09. The number of rotatable bonds is 6. The lowest BCUT2D eigenvalue weighted by Gasteiger charge is -2.22. The highest BCUT2D eigenvalue weighted by Crippen LogP contribution is 2.16. The van der Waals surface area contributed by atoms with Crippen LogP contribution in [-0.4, -0.2) is 61.3 Å². The van der Waals surface area contributed by atoms with Gasteiger partial charge in [-0.3, -0.25) is 14.9 Å². The summed E-state index contributed by atoms with van der Waals surface area (Å²) >= 11 is 0. The molecule has 0 aliphatic carbocycles. The van der Waals surface area contributed by atoms with E-state index < -0.39 is 39.3 Å². The summed E-state index contributed by atoms with van der Waals surface area (Å²) in [4.78, 5) is 35.0. The Morgan fingerprint density at radius 3 is 2.54 bits per heavy atom. The van der Waals surface area contributed by atoms with Gasteiger partial charge >= 0.3 is 5.97 Å². The maximum absolute atomic E-state index is 12.0. The lowest BCUT2D eigenvalue weighted by atomic mass is 10.2. The number of sulfone groups is 1. The van der Waals surface area contributed by atoms with Gasteiger partial charge in [-0.2, -0.15) is 0 Å². The fraction of sp³-hybridized carbons (Fsp3) is 0.375. The molecule has 1 aromatic carbocycles. The fourth-order valence-electron chi connectivity index (χ4n) is 2.44. The molecule has 1 aromatic rings. The zero-order valence-electron chi connectivity index (χ0n) is 14.0. The Morgan fingerprint density at radius 1 is 1.35 bits per heavy atom. The molecule has 140 valence electrons. The van der Waals surface area contributed by atoms with E-state index in [4.69, 9.17) is 4.74 Å². The van der Waals surface area contributed by atoms with E-state index in [1.165, 1.54) is 42.3 Å². The van der Waals surface area contributed by atoms with Crippen LogP contribution in [0.3, 0.4) is 0 Å². The van der Waals surface area contributed by atoms with Gasteiger partial charge in [-0.25, -0.2) is 13.2 Å². The van der Waals surface area contributed by atoms with Crippen LogP contribution in [0.15, 0.2) is 30.3 Å². The van der Waals surface area contributed by atoms with E-state index in [1.807, 2.05) is 0 Å². The summed E-state index contributed by atoms with van der Waals surface area (Å²) in [5.74, 6) is -1.26. The number of hydrogen-bond acceptors (Lipinski definition) is 7. The maximum Gasteiger partial charge on any atom is 0.331 e. The van der Waals surface area contributed by atoms with Gasteiger partial charge < -0.3 is 9.64 Å². The molecule has 1 unspecified atom stereocenters. The molecular weight excluding hydrogens is 364 g/mol. The molecule has 1 amide bonds. The molecule has 1 aliphatic heterocycles. The van der Waals surface area contributed by atoms with Crippen molar-refractivity contribution in [3.63, 3.8) is 0 Å². The molecule has 26 heavy (non-hydrogen) atoms. The van der Waals surface area contributed by atoms with Gasteiger partial charge in [0.1, 0.15) is 0 Å². The molecule has 10 heteroatoms. The Morgan fingerprint density at radius 2 is 2.00 bits per heavy atom. The minimum Gasteiger partial charge on any atom is -0.452 e. The summed E-state index contributed by atoms with van der Waals surface area (Å²) in [5.41, 5.74) is 0.499. The van der Waals surface area contributed by atoms with Crippen molar-refractivity contribution in [3.8, 4) is 0 Å². The van der Waals surface area contributed by atoms with Crippen LogP contribution in [0.2, 0.25) is 0 Å². The molecule has 1 aliphatic rings. The van der Waals surface area contributed by atoms with Crippen LogP contribution in [-0.2, 0) is 24.2 Å². The second-order valence-corrected chi connectivity index (χ2v) is 8.08. The summed E-state index contributed by atoms with van der Waals surface area (Å²) in [5, 5.41) is 10.6. The molecule has 9 nitrogen and oxygen atoms in total. The van der Waals surface area contributed by atoms with Crippen molar-refractivity contribution in [3.05, 3.63) is 46.0 Å². The third kappa shape index (κ3) is 5.38. The summed E-state index contributed by atoms with van der Waals surface area (Å²) < 4.78 is 27.7. The zero-order chi connectivity index (χ0) is 19.3. The van der Waals surface area contributed by atoms with Crippen LogP contribution in [0, 0.1) is 10.1 Å². The van der Waals surface area contributed by atoms with Crippen molar-refractivity contribution in [2.45, 2.75) is 12.5 Å². The van der Waals surface area contributed by atoms with E-state index in [9.17, 15) is 28.1 Å². The van der Waals surface area contributed by atoms with E-state index in [-0.39, 0.29) is 17.2 Å². The third-order valence-corrected chi connectivity index (χ3v) is 5.75. The van der Waals surface area contributed by atoms with Crippen molar-refractivity contribution in [1.82, 2.24) is 4.90 Å². The predicted octanol–water partition coefficient (Wildman–Crippen LogP) is 0.797. The minimum atomic E-state index is -3.11. The zero-order valence-corrected chi connectivity index (χ0v) is 14.8. The van der Waals surface area contributed by atoms with E-state index in [0.29, 0.717) is 12.0 Å². The topological polar surface area (TPSA) is 124 Å². The summed E-state index contributed by atoms with van der Waals surface area (Å²) in [6.45, 7) is -0.490. The Kier molecular flexibility index (Phi) is 6.09. The molecule has 1 fully saturated rings. The first-order valence-corrected chi connectivity index (χ1v) is 9.55. The van der Waals surface area contributed by atoms with E-state index in [0.717, 1.165) is 6.08 Å².